The normalized spacial score (nSPS) is 11.1. The highest BCUT2D eigenvalue weighted by molar-refractivity contribution is 7.08. The molecular weight excluding hydrogens is 356 g/mol. The van der Waals surface area contributed by atoms with E-state index in [0.29, 0.717) is 6.54 Å². The maximum Gasteiger partial charge on any atom is 0.163 e. The van der Waals surface area contributed by atoms with Gasteiger partial charge in [0.15, 0.2) is 5.65 Å². The van der Waals surface area contributed by atoms with Gasteiger partial charge in [0, 0.05) is 23.0 Å². The first kappa shape index (κ1) is 15.8. The topological polar surface area (TPSA) is 55.4 Å². The standard InChI is InChI=1S/C21H16N4OS/c1-3-15(11-17(4-1)23-12-18-5-2-9-26-18)20-6-8-22-21-19(13-24-25(20)21)16-7-10-27-14-16/h1-11,13-14,23H,12H2. The highest BCUT2D eigenvalue weighted by Crippen LogP contribution is 2.29. The number of hydrogen-bond acceptors (Lipinski definition) is 5. The molecule has 0 amide bonds. The van der Waals surface area contributed by atoms with Crippen LogP contribution in [0, 0.1) is 0 Å². The van der Waals surface area contributed by atoms with Crippen molar-refractivity contribution in [2.45, 2.75) is 6.54 Å². The van der Waals surface area contributed by atoms with Gasteiger partial charge in [-0.1, -0.05) is 12.1 Å². The number of anilines is 1. The number of thiophene rings is 1. The van der Waals surface area contributed by atoms with E-state index in [1.54, 1.807) is 17.6 Å². The van der Waals surface area contributed by atoms with Crippen LogP contribution in [-0.4, -0.2) is 14.6 Å². The summed E-state index contributed by atoms with van der Waals surface area (Å²) in [6.45, 7) is 0.645. The first-order valence-corrected chi connectivity index (χ1v) is 9.55. The highest BCUT2D eigenvalue weighted by Gasteiger charge is 2.12. The van der Waals surface area contributed by atoms with Crippen molar-refractivity contribution in [2.75, 3.05) is 5.32 Å². The van der Waals surface area contributed by atoms with E-state index in [4.69, 9.17) is 4.42 Å². The fourth-order valence-electron chi connectivity index (χ4n) is 3.12. The van der Waals surface area contributed by atoms with Crippen molar-refractivity contribution < 1.29 is 4.42 Å². The molecule has 132 valence electrons. The zero-order chi connectivity index (χ0) is 18.1. The summed E-state index contributed by atoms with van der Waals surface area (Å²) in [5.41, 5.74) is 6.16. The average Bonchev–Trinajstić information content (AvgIpc) is 3.47. The van der Waals surface area contributed by atoms with Crippen LogP contribution >= 0.6 is 11.3 Å². The van der Waals surface area contributed by atoms with Crippen LogP contribution in [0.2, 0.25) is 0 Å². The Kier molecular flexibility index (Phi) is 3.95. The van der Waals surface area contributed by atoms with E-state index >= 15 is 0 Å². The predicted molar refractivity (Wildman–Crippen MR) is 108 cm³/mol. The summed E-state index contributed by atoms with van der Waals surface area (Å²) in [6.07, 6.45) is 5.40. The molecule has 6 heteroatoms. The SMILES string of the molecule is c1cc(NCc2ccco2)cc(-c2ccnc3c(-c4ccsc4)cnn23)c1. The number of hydrogen-bond donors (Lipinski definition) is 1. The zero-order valence-electron chi connectivity index (χ0n) is 14.4. The first-order valence-electron chi connectivity index (χ1n) is 8.60. The van der Waals surface area contributed by atoms with Gasteiger partial charge in [-0.25, -0.2) is 9.50 Å². The molecule has 0 aliphatic rings. The molecule has 0 fully saturated rings. The number of furan rings is 1. The number of rotatable bonds is 5. The van der Waals surface area contributed by atoms with E-state index in [1.807, 2.05) is 47.2 Å². The van der Waals surface area contributed by atoms with Gasteiger partial charge in [0.25, 0.3) is 0 Å². The molecule has 0 saturated heterocycles. The quantitative estimate of drug-likeness (QED) is 0.453. The van der Waals surface area contributed by atoms with Crippen LogP contribution in [0.4, 0.5) is 5.69 Å². The van der Waals surface area contributed by atoms with Gasteiger partial charge in [-0.15, -0.1) is 0 Å². The lowest BCUT2D eigenvalue weighted by molar-refractivity contribution is 0.518. The minimum atomic E-state index is 0.645. The van der Waals surface area contributed by atoms with Crippen molar-refractivity contribution in [3.8, 4) is 22.4 Å². The van der Waals surface area contributed by atoms with E-state index < -0.39 is 0 Å². The average molecular weight is 372 g/mol. The lowest BCUT2D eigenvalue weighted by Gasteiger charge is -2.09. The molecule has 0 spiro atoms. The molecule has 0 aliphatic carbocycles. The van der Waals surface area contributed by atoms with Crippen molar-refractivity contribution in [1.29, 1.82) is 0 Å². The Labute approximate surface area is 159 Å². The molecule has 5 nitrogen and oxygen atoms in total. The van der Waals surface area contributed by atoms with Crippen LogP contribution in [0.3, 0.4) is 0 Å². The van der Waals surface area contributed by atoms with E-state index in [0.717, 1.165) is 39.5 Å². The van der Waals surface area contributed by atoms with Crippen molar-refractivity contribution in [2.24, 2.45) is 0 Å². The predicted octanol–water partition coefficient (Wildman–Crippen LogP) is 5.33. The van der Waals surface area contributed by atoms with Gasteiger partial charge < -0.3 is 9.73 Å². The number of benzene rings is 1. The first-order chi connectivity index (χ1) is 13.4. The summed E-state index contributed by atoms with van der Waals surface area (Å²) in [5.74, 6) is 0.902. The summed E-state index contributed by atoms with van der Waals surface area (Å²) in [7, 11) is 0. The van der Waals surface area contributed by atoms with Crippen molar-refractivity contribution in [1.82, 2.24) is 14.6 Å². The van der Waals surface area contributed by atoms with Crippen molar-refractivity contribution in [3.63, 3.8) is 0 Å². The monoisotopic (exact) mass is 372 g/mol. The van der Waals surface area contributed by atoms with Gasteiger partial charge in [0.2, 0.25) is 0 Å². The number of nitrogens with one attached hydrogen (secondary N) is 1. The zero-order valence-corrected chi connectivity index (χ0v) is 15.2. The molecule has 4 aromatic heterocycles. The molecule has 0 bridgehead atoms. The fourth-order valence-corrected chi connectivity index (χ4v) is 3.78. The molecular formula is C21H16N4OS. The smallest absolute Gasteiger partial charge is 0.163 e. The van der Waals surface area contributed by atoms with E-state index in [2.05, 4.69) is 44.4 Å². The second kappa shape index (κ2) is 6.74. The van der Waals surface area contributed by atoms with Gasteiger partial charge in [0.05, 0.1) is 24.7 Å². The fraction of sp³-hybridized carbons (Fsp3) is 0.0476. The number of aromatic nitrogens is 3. The van der Waals surface area contributed by atoms with Gasteiger partial charge in [0.1, 0.15) is 5.76 Å². The van der Waals surface area contributed by atoms with Crippen molar-refractivity contribution in [3.05, 3.63) is 83.7 Å². The third kappa shape index (κ3) is 3.00. The molecule has 5 rings (SSSR count). The van der Waals surface area contributed by atoms with Gasteiger partial charge in [-0.3, -0.25) is 0 Å². The molecule has 5 aromatic rings. The van der Waals surface area contributed by atoms with Crippen LogP contribution in [0.15, 0.2) is 82.4 Å². The Morgan fingerprint density at radius 2 is 2.07 bits per heavy atom. The van der Waals surface area contributed by atoms with Crippen LogP contribution in [-0.2, 0) is 6.54 Å². The molecule has 0 unspecified atom stereocenters. The van der Waals surface area contributed by atoms with Crippen LogP contribution in [0.1, 0.15) is 5.76 Å². The maximum absolute atomic E-state index is 5.38. The minimum Gasteiger partial charge on any atom is -0.467 e. The Bertz CT molecular complexity index is 1180. The summed E-state index contributed by atoms with van der Waals surface area (Å²) < 4.78 is 7.28. The summed E-state index contributed by atoms with van der Waals surface area (Å²) in [5, 5.41) is 12.2. The van der Waals surface area contributed by atoms with Crippen LogP contribution in [0.5, 0.6) is 0 Å². The molecule has 0 atom stereocenters. The van der Waals surface area contributed by atoms with E-state index in [1.165, 1.54) is 0 Å². The summed E-state index contributed by atoms with van der Waals surface area (Å²) in [4.78, 5) is 4.55. The van der Waals surface area contributed by atoms with E-state index in [9.17, 15) is 0 Å². The summed E-state index contributed by atoms with van der Waals surface area (Å²) in [6, 6.07) is 16.2. The molecule has 0 radical (unpaired) electrons. The van der Waals surface area contributed by atoms with Gasteiger partial charge >= 0.3 is 0 Å². The molecule has 0 aliphatic heterocycles. The number of fused-ring (bicyclic) bond motifs is 1. The Hall–Kier alpha value is -3.38. The van der Waals surface area contributed by atoms with Crippen LogP contribution in [0.25, 0.3) is 28.0 Å². The van der Waals surface area contributed by atoms with Gasteiger partial charge in [-0.2, -0.15) is 16.4 Å². The molecule has 27 heavy (non-hydrogen) atoms. The Balaban J connectivity index is 1.51. The van der Waals surface area contributed by atoms with Crippen LogP contribution < -0.4 is 5.32 Å². The highest BCUT2D eigenvalue weighted by atomic mass is 32.1. The Morgan fingerprint density at radius 3 is 2.93 bits per heavy atom. The van der Waals surface area contributed by atoms with Gasteiger partial charge in [-0.05, 0) is 52.7 Å². The second-order valence-electron chi connectivity index (χ2n) is 6.15. The lowest BCUT2D eigenvalue weighted by Crippen LogP contribution is -1.99. The Morgan fingerprint density at radius 1 is 1.07 bits per heavy atom. The molecule has 1 aromatic carbocycles. The third-order valence-corrected chi connectivity index (χ3v) is 5.12. The molecule has 4 heterocycles. The summed E-state index contributed by atoms with van der Waals surface area (Å²) >= 11 is 1.67. The number of nitrogens with zero attached hydrogens (tertiary/aromatic N) is 3. The maximum atomic E-state index is 5.38. The molecule has 1 N–H and O–H groups in total. The third-order valence-electron chi connectivity index (χ3n) is 4.44. The minimum absolute atomic E-state index is 0.645. The van der Waals surface area contributed by atoms with E-state index in [-0.39, 0.29) is 0 Å². The van der Waals surface area contributed by atoms with Crippen molar-refractivity contribution >= 4 is 22.7 Å². The molecule has 0 saturated carbocycles. The largest absolute Gasteiger partial charge is 0.467 e. The second-order valence-corrected chi connectivity index (χ2v) is 6.93. The lowest BCUT2D eigenvalue weighted by atomic mass is 10.1.